The Balaban J connectivity index is 2.16. The van der Waals surface area contributed by atoms with E-state index in [4.69, 9.17) is 25.5 Å². The summed E-state index contributed by atoms with van der Waals surface area (Å²) in [6.07, 6.45) is 0. The van der Waals surface area contributed by atoms with Gasteiger partial charge in [0.15, 0.2) is 12.4 Å². The fraction of sp³-hybridized carbons (Fsp3) is 0.316. The monoisotopic (exact) mass is 393 g/mol. The van der Waals surface area contributed by atoms with Gasteiger partial charge in [-0.05, 0) is 51.5 Å². The Kier molecular flexibility index (Phi) is 6.63. The Morgan fingerprint density at radius 2 is 1.89 bits per heavy atom. The Hall–Kier alpha value is -2.80. The molecular formula is C19H20ClNO6. The predicted octanol–water partition coefficient (Wildman–Crippen LogP) is 3.95. The molecule has 1 aromatic carbocycles. The summed E-state index contributed by atoms with van der Waals surface area (Å²) in [5, 5.41) is 3.04. The second-order valence-electron chi connectivity index (χ2n) is 5.76. The van der Waals surface area contributed by atoms with Crippen LogP contribution in [0.4, 0.5) is 5.88 Å². The fourth-order valence-electron chi connectivity index (χ4n) is 2.47. The Morgan fingerprint density at radius 1 is 1.19 bits per heavy atom. The van der Waals surface area contributed by atoms with E-state index in [0.717, 1.165) is 5.56 Å². The third-order valence-corrected chi connectivity index (χ3v) is 4.09. The molecule has 0 bridgehead atoms. The second-order valence-corrected chi connectivity index (χ2v) is 6.17. The first kappa shape index (κ1) is 20.5. The van der Waals surface area contributed by atoms with E-state index >= 15 is 0 Å². The summed E-state index contributed by atoms with van der Waals surface area (Å²) < 4.78 is 15.8. The van der Waals surface area contributed by atoms with Crippen LogP contribution >= 0.6 is 11.6 Å². The van der Waals surface area contributed by atoms with Gasteiger partial charge in [0.2, 0.25) is 5.88 Å². The van der Waals surface area contributed by atoms with Crippen molar-refractivity contribution in [1.29, 1.82) is 0 Å². The van der Waals surface area contributed by atoms with Crippen molar-refractivity contribution in [3.8, 4) is 5.75 Å². The molecule has 7 nitrogen and oxygen atoms in total. The zero-order chi connectivity index (χ0) is 20.1. The number of hydrogen-bond donors (Lipinski definition) is 1. The Bertz CT molecular complexity index is 887. The molecule has 27 heavy (non-hydrogen) atoms. The summed E-state index contributed by atoms with van der Waals surface area (Å²) in [6.45, 7) is 6.08. The maximum Gasteiger partial charge on any atom is 0.344 e. The molecule has 0 saturated carbocycles. The molecule has 1 amide bonds. The van der Waals surface area contributed by atoms with E-state index in [2.05, 4.69) is 5.32 Å². The number of halogens is 1. The van der Waals surface area contributed by atoms with Gasteiger partial charge in [0.25, 0.3) is 5.91 Å². The van der Waals surface area contributed by atoms with Crippen molar-refractivity contribution < 1.29 is 28.3 Å². The first-order valence-corrected chi connectivity index (χ1v) is 8.62. The highest BCUT2D eigenvalue weighted by Crippen LogP contribution is 2.28. The van der Waals surface area contributed by atoms with Crippen LogP contribution in [0.25, 0.3) is 0 Å². The molecule has 0 aliphatic rings. The zero-order valence-electron chi connectivity index (χ0n) is 15.5. The van der Waals surface area contributed by atoms with E-state index in [1.807, 2.05) is 6.92 Å². The maximum absolute atomic E-state index is 12.2. The third kappa shape index (κ3) is 4.89. The molecule has 1 aromatic heterocycles. The van der Waals surface area contributed by atoms with Gasteiger partial charge in [-0.25, -0.2) is 4.79 Å². The average molecular weight is 394 g/mol. The molecule has 0 fully saturated rings. The molecule has 8 heteroatoms. The molecule has 0 atom stereocenters. The number of hydrogen-bond acceptors (Lipinski definition) is 6. The zero-order valence-corrected chi connectivity index (χ0v) is 16.2. The van der Waals surface area contributed by atoms with Gasteiger partial charge in [0.1, 0.15) is 17.1 Å². The number of esters is 1. The normalized spacial score (nSPS) is 10.4. The third-order valence-electron chi connectivity index (χ3n) is 3.67. The van der Waals surface area contributed by atoms with Crippen molar-refractivity contribution in [2.24, 2.45) is 0 Å². The highest BCUT2D eigenvalue weighted by atomic mass is 35.5. The SMILES string of the molecule is CCOC(=O)c1c(NC(=O)COc2ccc(Cl)c(C)c2)oc(C)c1C(C)=O. The Morgan fingerprint density at radius 3 is 2.48 bits per heavy atom. The minimum absolute atomic E-state index is 0.0815. The summed E-state index contributed by atoms with van der Waals surface area (Å²) in [7, 11) is 0. The molecule has 144 valence electrons. The standard InChI is InChI=1S/C19H20ClNO6/c1-5-25-19(24)17-16(11(3)22)12(4)27-18(17)21-15(23)9-26-13-6-7-14(20)10(2)8-13/h6-8H,5,9H2,1-4H3,(H,21,23). The quantitative estimate of drug-likeness (QED) is 0.565. The van der Waals surface area contributed by atoms with Crippen molar-refractivity contribution in [2.45, 2.75) is 27.7 Å². The largest absolute Gasteiger partial charge is 0.484 e. The number of anilines is 1. The number of furan rings is 1. The molecule has 0 aliphatic carbocycles. The number of ether oxygens (including phenoxy) is 2. The van der Waals surface area contributed by atoms with Crippen LogP contribution in [0.3, 0.4) is 0 Å². The van der Waals surface area contributed by atoms with Crippen LogP contribution in [-0.2, 0) is 9.53 Å². The number of aryl methyl sites for hydroxylation is 2. The van der Waals surface area contributed by atoms with Gasteiger partial charge in [-0.1, -0.05) is 11.6 Å². The number of ketones is 1. The molecule has 0 radical (unpaired) electrons. The molecule has 0 aliphatic heterocycles. The van der Waals surface area contributed by atoms with Gasteiger partial charge in [0, 0.05) is 5.02 Å². The van der Waals surface area contributed by atoms with E-state index < -0.39 is 11.9 Å². The summed E-state index contributed by atoms with van der Waals surface area (Å²) in [5.41, 5.74) is 0.794. The summed E-state index contributed by atoms with van der Waals surface area (Å²) in [6, 6.07) is 5.00. The number of rotatable bonds is 7. The highest BCUT2D eigenvalue weighted by Gasteiger charge is 2.28. The maximum atomic E-state index is 12.2. The van der Waals surface area contributed by atoms with E-state index in [0.29, 0.717) is 10.8 Å². The molecule has 0 saturated heterocycles. The summed E-state index contributed by atoms with van der Waals surface area (Å²) in [5.74, 6) is -1.13. The summed E-state index contributed by atoms with van der Waals surface area (Å²) >= 11 is 5.95. The van der Waals surface area contributed by atoms with Crippen LogP contribution in [0.5, 0.6) is 5.75 Å². The van der Waals surface area contributed by atoms with Crippen LogP contribution in [0, 0.1) is 13.8 Å². The van der Waals surface area contributed by atoms with Crippen molar-refractivity contribution >= 4 is 35.1 Å². The number of carbonyl (C=O) groups excluding carboxylic acids is 3. The van der Waals surface area contributed by atoms with Gasteiger partial charge >= 0.3 is 5.97 Å². The number of benzene rings is 1. The van der Waals surface area contributed by atoms with E-state index in [9.17, 15) is 14.4 Å². The lowest BCUT2D eigenvalue weighted by Crippen LogP contribution is -2.21. The Labute approximate surface area is 161 Å². The first-order chi connectivity index (χ1) is 12.7. The molecule has 1 heterocycles. The molecule has 1 N–H and O–H groups in total. The lowest BCUT2D eigenvalue weighted by molar-refractivity contribution is -0.118. The predicted molar refractivity (Wildman–Crippen MR) is 99.7 cm³/mol. The lowest BCUT2D eigenvalue weighted by Gasteiger charge is -2.08. The minimum Gasteiger partial charge on any atom is -0.484 e. The minimum atomic E-state index is -0.746. The van der Waals surface area contributed by atoms with Crippen LogP contribution in [-0.4, -0.2) is 30.9 Å². The molecule has 2 rings (SSSR count). The summed E-state index contributed by atoms with van der Waals surface area (Å²) in [4.78, 5) is 36.3. The number of carbonyl (C=O) groups is 3. The van der Waals surface area contributed by atoms with E-state index in [1.54, 1.807) is 25.1 Å². The number of Topliss-reactive ketones (excluding diaryl/α,β-unsaturated/α-hetero) is 1. The number of nitrogens with one attached hydrogen (secondary N) is 1. The van der Waals surface area contributed by atoms with E-state index in [1.165, 1.54) is 13.8 Å². The number of amides is 1. The van der Waals surface area contributed by atoms with Crippen molar-refractivity contribution in [3.05, 3.63) is 45.7 Å². The second kappa shape index (κ2) is 8.73. The average Bonchev–Trinajstić information content (AvgIpc) is 2.92. The van der Waals surface area contributed by atoms with Gasteiger partial charge in [-0.3, -0.25) is 14.9 Å². The van der Waals surface area contributed by atoms with Crippen molar-refractivity contribution in [3.63, 3.8) is 0 Å². The van der Waals surface area contributed by atoms with Crippen LogP contribution in [0.1, 0.15) is 45.9 Å². The van der Waals surface area contributed by atoms with Crippen molar-refractivity contribution in [1.82, 2.24) is 0 Å². The topological polar surface area (TPSA) is 94.8 Å². The van der Waals surface area contributed by atoms with Gasteiger partial charge < -0.3 is 13.9 Å². The van der Waals surface area contributed by atoms with Gasteiger partial charge in [-0.15, -0.1) is 0 Å². The molecular weight excluding hydrogens is 374 g/mol. The van der Waals surface area contributed by atoms with E-state index in [-0.39, 0.29) is 41.8 Å². The van der Waals surface area contributed by atoms with Gasteiger partial charge in [0.05, 0.1) is 12.2 Å². The van der Waals surface area contributed by atoms with Crippen LogP contribution in [0.2, 0.25) is 5.02 Å². The fourth-order valence-corrected chi connectivity index (χ4v) is 2.59. The van der Waals surface area contributed by atoms with Gasteiger partial charge in [-0.2, -0.15) is 0 Å². The molecule has 0 spiro atoms. The first-order valence-electron chi connectivity index (χ1n) is 8.24. The van der Waals surface area contributed by atoms with Crippen LogP contribution in [0.15, 0.2) is 22.6 Å². The smallest absolute Gasteiger partial charge is 0.344 e. The lowest BCUT2D eigenvalue weighted by atomic mass is 10.1. The highest BCUT2D eigenvalue weighted by molar-refractivity contribution is 6.31. The van der Waals surface area contributed by atoms with Crippen molar-refractivity contribution in [2.75, 3.05) is 18.5 Å². The molecule has 0 unspecified atom stereocenters. The molecule has 2 aromatic rings. The van der Waals surface area contributed by atoms with Crippen LogP contribution < -0.4 is 10.1 Å².